The van der Waals surface area contributed by atoms with Crippen molar-refractivity contribution in [3.05, 3.63) is 42.2 Å². The van der Waals surface area contributed by atoms with Crippen LogP contribution >= 0.6 is 0 Å². The highest BCUT2D eigenvalue weighted by atomic mass is 16.5. The van der Waals surface area contributed by atoms with E-state index in [4.69, 9.17) is 4.74 Å². The fourth-order valence-electron chi connectivity index (χ4n) is 4.08. The zero-order chi connectivity index (χ0) is 18.8. The number of carboxylic acids is 1. The lowest BCUT2D eigenvalue weighted by molar-refractivity contribution is -0.145. The number of piperidine rings is 1. The molecule has 8 nitrogen and oxygen atoms in total. The van der Waals surface area contributed by atoms with Gasteiger partial charge in [-0.15, -0.1) is 5.10 Å². The first-order valence-electron chi connectivity index (χ1n) is 9.24. The van der Waals surface area contributed by atoms with E-state index in [-0.39, 0.29) is 17.9 Å². The van der Waals surface area contributed by atoms with Crippen molar-refractivity contribution in [1.82, 2.24) is 19.9 Å². The molecule has 2 aromatic rings. The van der Waals surface area contributed by atoms with E-state index in [2.05, 4.69) is 10.3 Å². The number of carbonyl (C=O) groups excluding carboxylic acids is 1. The first kappa shape index (κ1) is 17.7. The summed E-state index contributed by atoms with van der Waals surface area (Å²) in [5.74, 6) is -1.02. The van der Waals surface area contributed by atoms with Crippen molar-refractivity contribution in [3.63, 3.8) is 0 Å². The van der Waals surface area contributed by atoms with Gasteiger partial charge in [-0.1, -0.05) is 11.3 Å². The third-order valence-electron chi connectivity index (χ3n) is 5.52. The third kappa shape index (κ3) is 3.57. The fraction of sp³-hybridized carbons (Fsp3) is 0.474. The summed E-state index contributed by atoms with van der Waals surface area (Å²) in [6.45, 7) is 1.74. The normalized spacial score (nSPS) is 23.5. The van der Waals surface area contributed by atoms with Gasteiger partial charge < -0.3 is 14.7 Å². The van der Waals surface area contributed by atoms with E-state index in [0.717, 1.165) is 18.5 Å². The zero-order valence-electron chi connectivity index (χ0n) is 14.9. The maximum absolute atomic E-state index is 12.9. The lowest BCUT2D eigenvalue weighted by atomic mass is 9.84. The maximum Gasteiger partial charge on any atom is 0.309 e. The van der Waals surface area contributed by atoms with Crippen molar-refractivity contribution in [2.24, 2.45) is 11.8 Å². The monoisotopic (exact) mass is 370 g/mol. The Hall–Kier alpha value is -2.74. The average Bonchev–Trinajstić information content (AvgIpc) is 3.39. The van der Waals surface area contributed by atoms with Crippen molar-refractivity contribution in [1.29, 1.82) is 0 Å². The molecule has 0 bridgehead atoms. The zero-order valence-corrected chi connectivity index (χ0v) is 14.9. The summed E-state index contributed by atoms with van der Waals surface area (Å²) in [7, 11) is 0. The quantitative estimate of drug-likeness (QED) is 0.878. The summed E-state index contributed by atoms with van der Waals surface area (Å²) in [5, 5.41) is 17.1. The number of amides is 1. The highest BCUT2D eigenvalue weighted by Crippen LogP contribution is 2.33. The van der Waals surface area contributed by atoms with Gasteiger partial charge in [0, 0.05) is 25.3 Å². The number of carbonyl (C=O) groups is 2. The second-order valence-corrected chi connectivity index (χ2v) is 7.10. The van der Waals surface area contributed by atoms with Gasteiger partial charge >= 0.3 is 5.97 Å². The molecule has 0 saturated carbocycles. The van der Waals surface area contributed by atoms with E-state index in [1.54, 1.807) is 23.1 Å². The van der Waals surface area contributed by atoms with Crippen LogP contribution in [0.4, 0.5) is 0 Å². The SMILES string of the molecule is O=C(O)C1CCO[C@H]1C1CCN(C(=O)c2cccc(-n3ccnn3)c2)CC1. The van der Waals surface area contributed by atoms with Crippen LogP contribution in [0.1, 0.15) is 29.6 Å². The van der Waals surface area contributed by atoms with Crippen molar-refractivity contribution in [3.8, 4) is 5.69 Å². The number of aliphatic carboxylic acids is 1. The number of nitrogens with zero attached hydrogens (tertiary/aromatic N) is 4. The van der Waals surface area contributed by atoms with Gasteiger partial charge in [0.15, 0.2) is 0 Å². The molecule has 4 rings (SSSR count). The fourth-order valence-corrected chi connectivity index (χ4v) is 4.08. The Balaban J connectivity index is 1.40. The Morgan fingerprint density at radius 1 is 1.19 bits per heavy atom. The lowest BCUT2D eigenvalue weighted by Gasteiger charge is -2.35. The maximum atomic E-state index is 12.9. The molecule has 0 radical (unpaired) electrons. The number of ether oxygens (including phenoxy) is 1. The molecule has 8 heteroatoms. The summed E-state index contributed by atoms with van der Waals surface area (Å²) in [4.78, 5) is 26.1. The smallest absolute Gasteiger partial charge is 0.309 e. The molecule has 2 fully saturated rings. The van der Waals surface area contributed by atoms with Gasteiger partial charge in [-0.2, -0.15) is 0 Å². The van der Waals surface area contributed by atoms with Gasteiger partial charge in [0.2, 0.25) is 0 Å². The van der Waals surface area contributed by atoms with E-state index in [1.807, 2.05) is 23.1 Å². The van der Waals surface area contributed by atoms with Crippen LogP contribution in [0.3, 0.4) is 0 Å². The van der Waals surface area contributed by atoms with Crippen LogP contribution in [0, 0.1) is 11.8 Å². The molecule has 1 unspecified atom stereocenters. The van der Waals surface area contributed by atoms with Gasteiger partial charge in [0.25, 0.3) is 5.91 Å². The van der Waals surface area contributed by atoms with Crippen LogP contribution < -0.4 is 0 Å². The van der Waals surface area contributed by atoms with Gasteiger partial charge in [0.05, 0.1) is 30.1 Å². The molecule has 2 atom stereocenters. The Labute approximate surface area is 156 Å². The highest BCUT2D eigenvalue weighted by molar-refractivity contribution is 5.94. The van der Waals surface area contributed by atoms with E-state index < -0.39 is 11.9 Å². The Bertz CT molecular complexity index is 815. The van der Waals surface area contributed by atoms with Gasteiger partial charge in [-0.25, -0.2) is 4.68 Å². The van der Waals surface area contributed by atoms with E-state index in [0.29, 0.717) is 31.7 Å². The van der Waals surface area contributed by atoms with Gasteiger partial charge in [0.1, 0.15) is 0 Å². The van der Waals surface area contributed by atoms with E-state index in [9.17, 15) is 14.7 Å². The molecule has 2 aliphatic heterocycles. The molecule has 1 amide bonds. The summed E-state index contributed by atoms with van der Waals surface area (Å²) in [5.41, 5.74) is 1.40. The third-order valence-corrected chi connectivity index (χ3v) is 5.52. The molecule has 2 saturated heterocycles. The molecule has 3 heterocycles. The van der Waals surface area contributed by atoms with Crippen LogP contribution in [0.5, 0.6) is 0 Å². The Morgan fingerprint density at radius 3 is 2.70 bits per heavy atom. The van der Waals surface area contributed by atoms with Crippen molar-refractivity contribution < 1.29 is 19.4 Å². The average molecular weight is 370 g/mol. The summed E-state index contributed by atoms with van der Waals surface area (Å²) in [6.07, 6.45) is 5.21. The molecule has 1 aromatic carbocycles. The minimum Gasteiger partial charge on any atom is -0.481 e. The standard InChI is InChI=1S/C19H22N4O4/c24-18(14-2-1-3-15(12-14)23-10-7-20-21-23)22-8-4-13(5-9-22)17-16(19(25)26)6-11-27-17/h1-3,7,10,12-13,16-17H,4-6,8-9,11H2,(H,25,26)/t16?,17-/m0/s1. The molecular formula is C19H22N4O4. The van der Waals surface area contributed by atoms with Crippen molar-refractivity contribution in [2.45, 2.75) is 25.4 Å². The molecule has 1 aromatic heterocycles. The van der Waals surface area contributed by atoms with E-state index in [1.165, 1.54) is 0 Å². The number of likely N-dealkylation sites (tertiary alicyclic amines) is 1. The van der Waals surface area contributed by atoms with E-state index >= 15 is 0 Å². The Kier molecular flexibility index (Phi) is 4.89. The molecule has 0 aliphatic carbocycles. The summed E-state index contributed by atoms with van der Waals surface area (Å²) < 4.78 is 7.32. The van der Waals surface area contributed by atoms with Crippen molar-refractivity contribution >= 4 is 11.9 Å². The number of hydrogen-bond donors (Lipinski definition) is 1. The number of aromatic nitrogens is 3. The van der Waals surface area contributed by atoms with Crippen LogP contribution in [0.25, 0.3) is 5.69 Å². The van der Waals surface area contributed by atoms with Crippen LogP contribution in [0.2, 0.25) is 0 Å². The molecule has 0 spiro atoms. The number of hydrogen-bond acceptors (Lipinski definition) is 5. The molecule has 2 aliphatic rings. The molecule has 27 heavy (non-hydrogen) atoms. The van der Waals surface area contributed by atoms with Crippen LogP contribution in [-0.2, 0) is 9.53 Å². The number of benzene rings is 1. The first-order valence-corrected chi connectivity index (χ1v) is 9.24. The van der Waals surface area contributed by atoms with Crippen molar-refractivity contribution in [2.75, 3.05) is 19.7 Å². The topological polar surface area (TPSA) is 97.6 Å². The lowest BCUT2D eigenvalue weighted by Crippen LogP contribution is -2.43. The number of carboxylic acid groups (broad SMARTS) is 1. The van der Waals surface area contributed by atoms with Crippen LogP contribution in [0.15, 0.2) is 36.7 Å². The van der Waals surface area contributed by atoms with Gasteiger partial charge in [-0.05, 0) is 43.4 Å². The van der Waals surface area contributed by atoms with Crippen LogP contribution in [-0.4, -0.2) is 62.7 Å². The molecule has 1 N–H and O–H groups in total. The van der Waals surface area contributed by atoms with Gasteiger partial charge in [-0.3, -0.25) is 9.59 Å². The number of rotatable bonds is 4. The second kappa shape index (κ2) is 7.48. The predicted molar refractivity (Wildman–Crippen MR) is 95.5 cm³/mol. The summed E-state index contributed by atoms with van der Waals surface area (Å²) in [6, 6.07) is 7.32. The summed E-state index contributed by atoms with van der Waals surface area (Å²) >= 11 is 0. The minimum absolute atomic E-state index is 0.0162. The Morgan fingerprint density at radius 2 is 2.00 bits per heavy atom. The molecule has 142 valence electrons. The first-order chi connectivity index (χ1) is 13.1. The largest absolute Gasteiger partial charge is 0.481 e. The predicted octanol–water partition coefficient (Wildman–Crippen LogP) is 1.61. The molecular weight excluding hydrogens is 348 g/mol. The second-order valence-electron chi connectivity index (χ2n) is 7.10. The highest BCUT2D eigenvalue weighted by Gasteiger charge is 2.40. The minimum atomic E-state index is -0.777.